The summed E-state index contributed by atoms with van der Waals surface area (Å²) in [5, 5.41) is 2.99. The Morgan fingerprint density at radius 1 is 1.17 bits per heavy atom. The zero-order chi connectivity index (χ0) is 13.2. The molecule has 2 heteroatoms. The lowest BCUT2D eigenvalue weighted by Gasteiger charge is -2.08. The van der Waals surface area contributed by atoms with Gasteiger partial charge in [-0.05, 0) is 18.4 Å². The summed E-state index contributed by atoms with van der Waals surface area (Å²) in [5.41, 5.74) is 2.06. The fraction of sp³-hybridized carbons (Fsp3) is 0.438. The van der Waals surface area contributed by atoms with Crippen LogP contribution in [0, 0.1) is 0 Å². The molecule has 0 atom stereocenters. The van der Waals surface area contributed by atoms with E-state index >= 15 is 0 Å². The number of benzene rings is 1. The van der Waals surface area contributed by atoms with Crippen molar-refractivity contribution in [3.8, 4) is 0 Å². The van der Waals surface area contributed by atoms with Gasteiger partial charge in [-0.25, -0.2) is 0 Å². The molecule has 0 aliphatic carbocycles. The number of carbonyl (C=O) groups excluding carboxylic acids is 1. The zero-order valence-corrected chi connectivity index (χ0v) is 11.4. The highest BCUT2D eigenvalue weighted by molar-refractivity contribution is 5.93. The second-order valence-electron chi connectivity index (χ2n) is 4.44. The molecule has 0 bridgehead atoms. The van der Waals surface area contributed by atoms with Crippen LogP contribution in [-0.2, 0) is 11.3 Å². The number of hydrogen-bond donors (Lipinski definition) is 1. The van der Waals surface area contributed by atoms with Crippen molar-refractivity contribution >= 4 is 5.91 Å². The standard InChI is InChI=1S/C16H23NO/c1-3-5-12-15(9-4-2)16(18)17-13-14-10-7-6-8-11-14/h6-8,10-12H,3-5,9,13H2,1-2H3,(H,17,18)/b15-12+. The van der Waals surface area contributed by atoms with Gasteiger partial charge in [0.05, 0.1) is 0 Å². The van der Waals surface area contributed by atoms with Gasteiger partial charge >= 0.3 is 0 Å². The summed E-state index contributed by atoms with van der Waals surface area (Å²) in [6, 6.07) is 10.0. The Balaban J connectivity index is 2.51. The molecule has 0 aromatic heterocycles. The molecule has 1 aromatic carbocycles. The molecule has 0 fully saturated rings. The van der Waals surface area contributed by atoms with Gasteiger partial charge in [0, 0.05) is 12.1 Å². The smallest absolute Gasteiger partial charge is 0.247 e. The average Bonchev–Trinajstić information content (AvgIpc) is 2.42. The largest absolute Gasteiger partial charge is 0.348 e. The van der Waals surface area contributed by atoms with Gasteiger partial charge in [-0.3, -0.25) is 4.79 Å². The lowest BCUT2D eigenvalue weighted by atomic mass is 10.1. The van der Waals surface area contributed by atoms with Gasteiger partial charge in [0.1, 0.15) is 0 Å². The van der Waals surface area contributed by atoms with Crippen LogP contribution in [0.4, 0.5) is 0 Å². The lowest BCUT2D eigenvalue weighted by Crippen LogP contribution is -2.24. The van der Waals surface area contributed by atoms with Crippen LogP contribution in [0.15, 0.2) is 42.0 Å². The first-order chi connectivity index (χ1) is 8.77. The maximum atomic E-state index is 12.0. The molecule has 1 amide bonds. The quantitative estimate of drug-likeness (QED) is 0.727. The van der Waals surface area contributed by atoms with Gasteiger partial charge in [-0.2, -0.15) is 0 Å². The minimum absolute atomic E-state index is 0.0779. The van der Waals surface area contributed by atoms with Crippen LogP contribution >= 0.6 is 0 Å². The van der Waals surface area contributed by atoms with E-state index in [0.29, 0.717) is 6.54 Å². The first-order valence-corrected chi connectivity index (χ1v) is 6.79. The van der Waals surface area contributed by atoms with E-state index in [-0.39, 0.29) is 5.91 Å². The normalized spacial score (nSPS) is 11.3. The third-order valence-electron chi connectivity index (χ3n) is 2.79. The summed E-state index contributed by atoms with van der Waals surface area (Å²) in [6.45, 7) is 4.83. The van der Waals surface area contributed by atoms with E-state index in [0.717, 1.165) is 36.8 Å². The van der Waals surface area contributed by atoms with Crippen molar-refractivity contribution in [3.63, 3.8) is 0 Å². The Bertz CT molecular complexity index is 381. The molecule has 0 spiro atoms. The Morgan fingerprint density at radius 3 is 2.50 bits per heavy atom. The van der Waals surface area contributed by atoms with Crippen molar-refractivity contribution in [3.05, 3.63) is 47.5 Å². The number of rotatable bonds is 7. The predicted octanol–water partition coefficient (Wildman–Crippen LogP) is 3.83. The maximum absolute atomic E-state index is 12.0. The topological polar surface area (TPSA) is 29.1 Å². The minimum atomic E-state index is 0.0779. The molecule has 0 aliphatic rings. The van der Waals surface area contributed by atoms with Gasteiger partial charge in [0.25, 0.3) is 0 Å². The molecule has 2 nitrogen and oxygen atoms in total. The molecule has 0 heterocycles. The summed E-state index contributed by atoms with van der Waals surface area (Å²) >= 11 is 0. The van der Waals surface area contributed by atoms with Gasteiger partial charge in [0.15, 0.2) is 0 Å². The van der Waals surface area contributed by atoms with Crippen LogP contribution in [0.5, 0.6) is 0 Å². The number of hydrogen-bond acceptors (Lipinski definition) is 1. The molecule has 0 saturated heterocycles. The SMILES string of the molecule is CCC/C=C(\CCC)C(=O)NCc1ccccc1. The van der Waals surface area contributed by atoms with Crippen molar-refractivity contribution < 1.29 is 4.79 Å². The summed E-state index contributed by atoms with van der Waals surface area (Å²) < 4.78 is 0. The molecule has 0 radical (unpaired) electrons. The third kappa shape index (κ3) is 5.17. The highest BCUT2D eigenvalue weighted by atomic mass is 16.1. The van der Waals surface area contributed by atoms with E-state index in [9.17, 15) is 4.79 Å². The number of unbranched alkanes of at least 4 members (excludes halogenated alkanes) is 1. The molecule has 0 unspecified atom stereocenters. The van der Waals surface area contributed by atoms with Crippen molar-refractivity contribution in [2.45, 2.75) is 46.1 Å². The van der Waals surface area contributed by atoms with Crippen molar-refractivity contribution in [2.24, 2.45) is 0 Å². The second-order valence-corrected chi connectivity index (χ2v) is 4.44. The van der Waals surface area contributed by atoms with E-state index in [1.54, 1.807) is 0 Å². The summed E-state index contributed by atoms with van der Waals surface area (Å²) in [4.78, 5) is 12.0. The summed E-state index contributed by atoms with van der Waals surface area (Å²) in [6.07, 6.45) is 6.01. The van der Waals surface area contributed by atoms with E-state index in [2.05, 4.69) is 25.2 Å². The first-order valence-electron chi connectivity index (χ1n) is 6.79. The van der Waals surface area contributed by atoms with Crippen LogP contribution < -0.4 is 5.32 Å². The van der Waals surface area contributed by atoms with Gasteiger partial charge in [-0.15, -0.1) is 0 Å². The van der Waals surface area contributed by atoms with E-state index in [1.165, 1.54) is 0 Å². The van der Waals surface area contributed by atoms with Crippen LogP contribution in [0.2, 0.25) is 0 Å². The van der Waals surface area contributed by atoms with Crippen molar-refractivity contribution in [2.75, 3.05) is 0 Å². The number of amides is 1. The Labute approximate surface area is 110 Å². The van der Waals surface area contributed by atoms with E-state index in [4.69, 9.17) is 0 Å². The molecule has 0 saturated carbocycles. The molecule has 18 heavy (non-hydrogen) atoms. The monoisotopic (exact) mass is 245 g/mol. The van der Waals surface area contributed by atoms with Crippen LogP contribution in [0.1, 0.15) is 45.1 Å². The van der Waals surface area contributed by atoms with Gasteiger partial charge in [-0.1, -0.05) is 63.1 Å². The van der Waals surface area contributed by atoms with Crippen LogP contribution in [-0.4, -0.2) is 5.91 Å². The fourth-order valence-electron chi connectivity index (χ4n) is 1.79. The average molecular weight is 245 g/mol. The second kappa shape index (κ2) is 8.51. The number of nitrogens with one attached hydrogen (secondary N) is 1. The van der Waals surface area contributed by atoms with Crippen molar-refractivity contribution in [1.82, 2.24) is 5.32 Å². The highest BCUT2D eigenvalue weighted by Crippen LogP contribution is 2.08. The molecular weight excluding hydrogens is 222 g/mol. The van der Waals surface area contributed by atoms with Gasteiger partial charge in [0.2, 0.25) is 5.91 Å². The highest BCUT2D eigenvalue weighted by Gasteiger charge is 2.07. The fourth-order valence-corrected chi connectivity index (χ4v) is 1.79. The molecular formula is C16H23NO. The number of allylic oxidation sites excluding steroid dienone is 1. The minimum Gasteiger partial charge on any atom is -0.348 e. The van der Waals surface area contributed by atoms with Crippen LogP contribution in [0.3, 0.4) is 0 Å². The lowest BCUT2D eigenvalue weighted by molar-refractivity contribution is -0.117. The molecule has 98 valence electrons. The first kappa shape index (κ1) is 14.5. The summed E-state index contributed by atoms with van der Waals surface area (Å²) in [7, 11) is 0. The zero-order valence-electron chi connectivity index (χ0n) is 11.4. The molecule has 0 aliphatic heterocycles. The van der Waals surface area contributed by atoms with E-state index in [1.807, 2.05) is 30.3 Å². The van der Waals surface area contributed by atoms with Crippen molar-refractivity contribution in [1.29, 1.82) is 0 Å². The summed E-state index contributed by atoms with van der Waals surface area (Å²) in [5.74, 6) is 0.0779. The predicted molar refractivity (Wildman–Crippen MR) is 76.2 cm³/mol. The number of carbonyl (C=O) groups is 1. The maximum Gasteiger partial charge on any atom is 0.247 e. The van der Waals surface area contributed by atoms with Crippen LogP contribution in [0.25, 0.3) is 0 Å². The van der Waals surface area contributed by atoms with E-state index < -0.39 is 0 Å². The third-order valence-corrected chi connectivity index (χ3v) is 2.79. The molecule has 1 rings (SSSR count). The molecule has 1 N–H and O–H groups in total. The Morgan fingerprint density at radius 2 is 1.89 bits per heavy atom. The Hall–Kier alpha value is -1.57. The molecule has 1 aromatic rings. The Kier molecular flexibility index (Phi) is 6.85. The van der Waals surface area contributed by atoms with Gasteiger partial charge < -0.3 is 5.32 Å².